The summed E-state index contributed by atoms with van der Waals surface area (Å²) in [4.78, 5) is 12.1. The third kappa shape index (κ3) is 2.53. The Kier molecular flexibility index (Phi) is 3.97. The summed E-state index contributed by atoms with van der Waals surface area (Å²) in [5.74, 6) is -0.610. The molecule has 0 amide bonds. The van der Waals surface area contributed by atoms with Crippen LogP contribution in [0.15, 0.2) is 24.3 Å². The largest absolute Gasteiger partial charge is 0.459 e. The van der Waals surface area contributed by atoms with E-state index in [0.29, 0.717) is 12.0 Å². The van der Waals surface area contributed by atoms with Crippen LogP contribution in [-0.4, -0.2) is 18.1 Å². The Morgan fingerprint density at radius 3 is 2.89 bits per heavy atom. The first-order valence-electron chi connectivity index (χ1n) is 6.33. The maximum absolute atomic E-state index is 13.4. The van der Waals surface area contributed by atoms with E-state index in [1.807, 2.05) is 6.92 Å². The Morgan fingerprint density at radius 1 is 1.50 bits per heavy atom. The van der Waals surface area contributed by atoms with E-state index in [1.165, 1.54) is 6.07 Å². The number of carbonyl (C=O) groups excluding carboxylic acids is 1. The lowest BCUT2D eigenvalue weighted by atomic mass is 9.94. The average molecular weight is 251 g/mol. The highest BCUT2D eigenvalue weighted by atomic mass is 19.1. The monoisotopic (exact) mass is 251 g/mol. The van der Waals surface area contributed by atoms with Gasteiger partial charge in [-0.25, -0.2) is 4.39 Å². The molecule has 18 heavy (non-hydrogen) atoms. The Morgan fingerprint density at radius 2 is 2.28 bits per heavy atom. The molecule has 1 aromatic carbocycles. The van der Waals surface area contributed by atoms with Crippen molar-refractivity contribution >= 4 is 5.97 Å². The van der Waals surface area contributed by atoms with Gasteiger partial charge < -0.3 is 10.1 Å². The molecule has 1 N–H and O–H groups in total. The highest BCUT2D eigenvalue weighted by Gasteiger charge is 2.40. The normalized spacial score (nSPS) is 23.0. The average Bonchev–Trinajstić information content (AvgIpc) is 2.87. The first-order chi connectivity index (χ1) is 8.68. The van der Waals surface area contributed by atoms with Gasteiger partial charge in [0.1, 0.15) is 18.0 Å². The number of nitrogens with one attached hydrogen (secondary N) is 1. The molecule has 1 fully saturated rings. The maximum atomic E-state index is 13.4. The van der Waals surface area contributed by atoms with E-state index >= 15 is 0 Å². The summed E-state index contributed by atoms with van der Waals surface area (Å²) in [6, 6.07) is 6.35. The Bertz CT molecular complexity index is 428. The van der Waals surface area contributed by atoms with Crippen LogP contribution in [0.3, 0.4) is 0 Å². The number of hydrogen-bond acceptors (Lipinski definition) is 3. The van der Waals surface area contributed by atoms with E-state index in [4.69, 9.17) is 4.74 Å². The summed E-state index contributed by atoms with van der Waals surface area (Å²) < 4.78 is 18.6. The molecule has 0 aromatic heterocycles. The first kappa shape index (κ1) is 13.0. The molecule has 0 bridgehead atoms. The highest BCUT2D eigenvalue weighted by molar-refractivity contribution is 5.81. The van der Waals surface area contributed by atoms with Crippen molar-refractivity contribution in [3.05, 3.63) is 35.6 Å². The quantitative estimate of drug-likeness (QED) is 0.835. The summed E-state index contributed by atoms with van der Waals surface area (Å²) >= 11 is 0. The summed E-state index contributed by atoms with van der Waals surface area (Å²) in [5, 5.41) is 3.20. The third-order valence-corrected chi connectivity index (χ3v) is 3.55. The zero-order valence-electron chi connectivity index (χ0n) is 10.5. The van der Waals surface area contributed by atoms with Gasteiger partial charge in [-0.15, -0.1) is 0 Å². The van der Waals surface area contributed by atoms with Crippen molar-refractivity contribution in [2.75, 3.05) is 6.54 Å². The van der Waals surface area contributed by atoms with Crippen LogP contribution >= 0.6 is 0 Å². The molecular weight excluding hydrogens is 233 g/mol. The van der Waals surface area contributed by atoms with Gasteiger partial charge in [0.2, 0.25) is 0 Å². The predicted molar refractivity (Wildman–Crippen MR) is 66.5 cm³/mol. The molecule has 3 nitrogen and oxygen atoms in total. The fourth-order valence-corrected chi connectivity index (χ4v) is 2.32. The van der Waals surface area contributed by atoms with Crippen LogP contribution in [-0.2, 0) is 16.1 Å². The minimum Gasteiger partial charge on any atom is -0.459 e. The summed E-state index contributed by atoms with van der Waals surface area (Å²) in [6.45, 7) is 2.79. The van der Waals surface area contributed by atoms with E-state index in [9.17, 15) is 9.18 Å². The van der Waals surface area contributed by atoms with E-state index in [2.05, 4.69) is 5.32 Å². The van der Waals surface area contributed by atoms with E-state index in [0.717, 1.165) is 19.4 Å². The van der Waals surface area contributed by atoms with Crippen LogP contribution in [0.25, 0.3) is 0 Å². The van der Waals surface area contributed by atoms with Gasteiger partial charge in [-0.3, -0.25) is 4.79 Å². The van der Waals surface area contributed by atoms with Crippen molar-refractivity contribution in [2.45, 2.75) is 38.3 Å². The van der Waals surface area contributed by atoms with Gasteiger partial charge in [-0.2, -0.15) is 0 Å². The lowest BCUT2D eigenvalue weighted by molar-refractivity contribution is -0.152. The summed E-state index contributed by atoms with van der Waals surface area (Å²) in [6.07, 6.45) is 2.46. The number of carbonyl (C=O) groups is 1. The van der Waals surface area contributed by atoms with Crippen LogP contribution < -0.4 is 5.32 Å². The number of esters is 1. The van der Waals surface area contributed by atoms with E-state index < -0.39 is 5.54 Å². The van der Waals surface area contributed by atoms with Gasteiger partial charge in [-0.1, -0.05) is 25.1 Å². The molecule has 98 valence electrons. The van der Waals surface area contributed by atoms with E-state index in [1.54, 1.807) is 18.2 Å². The van der Waals surface area contributed by atoms with Gasteiger partial charge in [0.05, 0.1) is 0 Å². The molecule has 0 aliphatic carbocycles. The van der Waals surface area contributed by atoms with Gasteiger partial charge in [-0.05, 0) is 31.9 Å². The molecule has 1 heterocycles. The van der Waals surface area contributed by atoms with E-state index in [-0.39, 0.29) is 18.4 Å². The van der Waals surface area contributed by atoms with Gasteiger partial charge in [0.15, 0.2) is 0 Å². The zero-order chi connectivity index (χ0) is 13.0. The lowest BCUT2D eigenvalue weighted by Crippen LogP contribution is -2.48. The number of rotatable bonds is 4. The highest BCUT2D eigenvalue weighted by Crippen LogP contribution is 2.25. The lowest BCUT2D eigenvalue weighted by Gasteiger charge is -2.25. The van der Waals surface area contributed by atoms with Crippen molar-refractivity contribution in [2.24, 2.45) is 0 Å². The van der Waals surface area contributed by atoms with Crippen molar-refractivity contribution in [1.29, 1.82) is 0 Å². The Hall–Kier alpha value is -1.42. The van der Waals surface area contributed by atoms with Crippen molar-refractivity contribution in [1.82, 2.24) is 5.32 Å². The molecule has 1 aliphatic heterocycles. The third-order valence-electron chi connectivity index (χ3n) is 3.55. The van der Waals surface area contributed by atoms with Crippen molar-refractivity contribution < 1.29 is 13.9 Å². The van der Waals surface area contributed by atoms with Gasteiger partial charge >= 0.3 is 5.97 Å². The Labute approximate surface area is 106 Å². The molecular formula is C14H18FNO2. The van der Waals surface area contributed by atoms with Crippen LogP contribution in [0.2, 0.25) is 0 Å². The second-order valence-electron chi connectivity index (χ2n) is 4.63. The molecule has 0 radical (unpaired) electrons. The topological polar surface area (TPSA) is 38.3 Å². The molecule has 1 aromatic rings. The minimum atomic E-state index is -0.564. The van der Waals surface area contributed by atoms with Gasteiger partial charge in [0.25, 0.3) is 0 Å². The summed E-state index contributed by atoms with van der Waals surface area (Å²) in [5.41, 5.74) is -0.152. The fraction of sp³-hybridized carbons (Fsp3) is 0.500. The molecule has 4 heteroatoms. The Balaban J connectivity index is 1.98. The predicted octanol–water partition coefficient (Wildman–Crippen LogP) is 2.40. The van der Waals surface area contributed by atoms with Crippen molar-refractivity contribution in [3.8, 4) is 0 Å². The first-order valence-corrected chi connectivity index (χ1v) is 6.33. The maximum Gasteiger partial charge on any atom is 0.326 e. The molecule has 1 unspecified atom stereocenters. The van der Waals surface area contributed by atoms with Crippen LogP contribution in [0.4, 0.5) is 4.39 Å². The smallest absolute Gasteiger partial charge is 0.326 e. The molecule has 0 saturated carbocycles. The number of hydrogen-bond donors (Lipinski definition) is 1. The van der Waals surface area contributed by atoms with Crippen LogP contribution in [0.5, 0.6) is 0 Å². The van der Waals surface area contributed by atoms with Gasteiger partial charge in [0, 0.05) is 5.56 Å². The number of ether oxygens (including phenoxy) is 1. The molecule has 1 aliphatic rings. The standard InChI is InChI=1S/C14H18FNO2/c1-2-14(8-5-9-16-14)13(17)18-10-11-6-3-4-7-12(11)15/h3-4,6-7,16H,2,5,8-10H2,1H3. The SMILES string of the molecule is CCC1(C(=O)OCc2ccccc2F)CCCN1. The summed E-state index contributed by atoms with van der Waals surface area (Å²) in [7, 11) is 0. The number of benzene rings is 1. The molecule has 0 spiro atoms. The molecule has 1 saturated heterocycles. The fourth-order valence-electron chi connectivity index (χ4n) is 2.32. The van der Waals surface area contributed by atoms with Crippen LogP contribution in [0.1, 0.15) is 31.7 Å². The molecule has 2 rings (SSSR count). The number of halogens is 1. The second kappa shape index (κ2) is 5.48. The van der Waals surface area contributed by atoms with Crippen LogP contribution in [0, 0.1) is 5.82 Å². The van der Waals surface area contributed by atoms with Crippen molar-refractivity contribution in [3.63, 3.8) is 0 Å². The molecule has 1 atom stereocenters. The minimum absolute atomic E-state index is 0.00502. The zero-order valence-corrected chi connectivity index (χ0v) is 10.5. The second-order valence-corrected chi connectivity index (χ2v) is 4.63.